The lowest BCUT2D eigenvalue weighted by atomic mass is 9.88. The van der Waals surface area contributed by atoms with Crippen LogP contribution in [0.2, 0.25) is 0 Å². The van der Waals surface area contributed by atoms with Crippen molar-refractivity contribution in [2.75, 3.05) is 23.7 Å². The number of nitrogens with zero attached hydrogens (tertiary/aromatic N) is 4. The van der Waals surface area contributed by atoms with E-state index in [0.29, 0.717) is 43.5 Å². The third-order valence-electron chi connectivity index (χ3n) is 6.29. The molecule has 0 spiro atoms. The van der Waals surface area contributed by atoms with Crippen LogP contribution in [-0.2, 0) is 0 Å². The average molecular weight is 427 g/mol. The summed E-state index contributed by atoms with van der Waals surface area (Å²) < 4.78 is 42.1. The predicted octanol–water partition coefficient (Wildman–Crippen LogP) is 5.00. The second kappa shape index (κ2) is 7.66. The van der Waals surface area contributed by atoms with Gasteiger partial charge in [0.05, 0.1) is 11.2 Å². The number of hydrogen-bond acceptors (Lipinski definition) is 5. The number of alkyl halides is 1. The summed E-state index contributed by atoms with van der Waals surface area (Å²) in [6.45, 7) is 3.02. The van der Waals surface area contributed by atoms with Gasteiger partial charge in [-0.1, -0.05) is 6.07 Å². The van der Waals surface area contributed by atoms with Crippen molar-refractivity contribution in [2.24, 2.45) is 5.92 Å². The maximum Gasteiger partial charge on any atom is 0.172 e. The van der Waals surface area contributed by atoms with E-state index in [2.05, 4.69) is 9.97 Å². The van der Waals surface area contributed by atoms with Crippen molar-refractivity contribution in [1.29, 1.82) is 0 Å². The second-order valence-electron chi connectivity index (χ2n) is 8.62. The summed E-state index contributed by atoms with van der Waals surface area (Å²) in [4.78, 5) is 16.1. The number of fused-ring (bicyclic) bond motifs is 1. The topological polar surface area (TPSA) is 67.9 Å². The van der Waals surface area contributed by atoms with E-state index in [-0.39, 0.29) is 11.5 Å². The Morgan fingerprint density at radius 3 is 2.45 bits per heavy atom. The maximum absolute atomic E-state index is 15.0. The quantitative estimate of drug-likeness (QED) is 0.635. The fourth-order valence-electron chi connectivity index (χ4n) is 4.47. The molecule has 1 saturated carbocycles. The Hall–Kier alpha value is -2.90. The van der Waals surface area contributed by atoms with Gasteiger partial charge < -0.3 is 10.6 Å². The third-order valence-corrected chi connectivity index (χ3v) is 6.29. The molecule has 2 N–H and O–H groups in total. The second-order valence-corrected chi connectivity index (χ2v) is 8.62. The summed E-state index contributed by atoms with van der Waals surface area (Å²) >= 11 is 0. The minimum Gasteiger partial charge on any atom is -0.381 e. The molecule has 0 radical (unpaired) electrons. The van der Waals surface area contributed by atoms with E-state index in [9.17, 15) is 13.2 Å². The monoisotopic (exact) mass is 427 g/mol. The van der Waals surface area contributed by atoms with E-state index in [4.69, 9.17) is 10.7 Å². The molecule has 5 nitrogen and oxygen atoms in total. The summed E-state index contributed by atoms with van der Waals surface area (Å²) in [5.74, 6) is -0.519. The van der Waals surface area contributed by atoms with Crippen LogP contribution in [0.4, 0.5) is 24.8 Å². The zero-order chi connectivity index (χ0) is 21.7. The van der Waals surface area contributed by atoms with Crippen LogP contribution < -0.4 is 10.6 Å². The van der Waals surface area contributed by atoms with Gasteiger partial charge in [0.25, 0.3) is 0 Å². The largest absolute Gasteiger partial charge is 0.381 e. The maximum atomic E-state index is 15.0. The zero-order valence-corrected chi connectivity index (χ0v) is 17.3. The lowest BCUT2D eigenvalue weighted by Gasteiger charge is -2.34. The summed E-state index contributed by atoms with van der Waals surface area (Å²) in [6, 6.07) is 4.92. The highest BCUT2D eigenvalue weighted by Crippen LogP contribution is 2.42. The number of benzene rings is 1. The Bertz CT molecular complexity index is 1140. The minimum absolute atomic E-state index is 0.0830. The normalized spacial score (nSPS) is 18.5. The fraction of sp³-hybridized carbons (Fsp3) is 0.435. The van der Waals surface area contributed by atoms with Crippen molar-refractivity contribution in [3.05, 3.63) is 52.9 Å². The number of nitrogens with two attached hydrogens (primary N) is 1. The molecule has 1 aliphatic carbocycles. The number of aromatic nitrogens is 3. The van der Waals surface area contributed by atoms with E-state index in [1.807, 2.05) is 17.9 Å². The van der Waals surface area contributed by atoms with E-state index in [0.717, 1.165) is 47.4 Å². The van der Waals surface area contributed by atoms with Gasteiger partial charge in [-0.25, -0.2) is 23.1 Å². The smallest absolute Gasteiger partial charge is 0.172 e. The van der Waals surface area contributed by atoms with Crippen LogP contribution in [0.1, 0.15) is 54.7 Å². The molecule has 8 heteroatoms. The molecule has 31 heavy (non-hydrogen) atoms. The minimum atomic E-state index is -1.48. The predicted molar refractivity (Wildman–Crippen MR) is 114 cm³/mol. The van der Waals surface area contributed by atoms with Crippen LogP contribution in [0, 0.1) is 24.5 Å². The van der Waals surface area contributed by atoms with Gasteiger partial charge in [-0.2, -0.15) is 0 Å². The molecule has 5 rings (SSSR count). The Kier molecular flexibility index (Phi) is 4.95. The lowest BCUT2D eigenvalue weighted by molar-refractivity contribution is 0.193. The van der Waals surface area contributed by atoms with E-state index in [1.54, 1.807) is 0 Å². The SMILES string of the molecule is Cc1cc2nc(N)c(N3CCC(C(F)c4ccc(F)cc4F)CC3)nc2c(C2CC2)n1. The van der Waals surface area contributed by atoms with Crippen molar-refractivity contribution in [3.8, 4) is 0 Å². The average Bonchev–Trinajstić information content (AvgIpc) is 3.58. The molecule has 1 atom stereocenters. The molecular weight excluding hydrogens is 403 g/mol. The van der Waals surface area contributed by atoms with Crippen LogP contribution >= 0.6 is 0 Å². The molecule has 162 valence electrons. The Balaban J connectivity index is 1.37. The first-order valence-corrected chi connectivity index (χ1v) is 10.7. The van der Waals surface area contributed by atoms with Crippen molar-refractivity contribution in [1.82, 2.24) is 15.0 Å². The molecule has 1 saturated heterocycles. The first-order valence-electron chi connectivity index (χ1n) is 10.7. The van der Waals surface area contributed by atoms with Crippen molar-refractivity contribution < 1.29 is 13.2 Å². The van der Waals surface area contributed by atoms with Gasteiger partial charge in [0.2, 0.25) is 0 Å². The molecule has 2 fully saturated rings. The molecular formula is C23H24F3N5. The van der Waals surface area contributed by atoms with Crippen molar-refractivity contribution >= 4 is 22.7 Å². The number of rotatable bonds is 4. The number of pyridine rings is 1. The lowest BCUT2D eigenvalue weighted by Crippen LogP contribution is -2.36. The molecule has 3 heterocycles. The number of anilines is 2. The van der Waals surface area contributed by atoms with Crippen LogP contribution in [0.25, 0.3) is 11.0 Å². The van der Waals surface area contributed by atoms with Crippen LogP contribution in [0.3, 0.4) is 0 Å². The highest BCUT2D eigenvalue weighted by Gasteiger charge is 2.32. The number of piperidine rings is 1. The fourth-order valence-corrected chi connectivity index (χ4v) is 4.47. The third kappa shape index (κ3) is 3.79. The Morgan fingerprint density at radius 2 is 1.77 bits per heavy atom. The Labute approximate surface area is 178 Å². The van der Waals surface area contributed by atoms with Gasteiger partial charge in [-0.05, 0) is 50.7 Å². The highest BCUT2D eigenvalue weighted by molar-refractivity contribution is 5.82. The number of aryl methyl sites for hydroxylation is 1. The van der Waals surface area contributed by atoms with Gasteiger partial charge in [0.1, 0.15) is 23.3 Å². The number of hydrogen-bond donors (Lipinski definition) is 1. The van der Waals surface area contributed by atoms with Crippen LogP contribution in [-0.4, -0.2) is 28.0 Å². The molecule has 0 amide bonds. The Morgan fingerprint density at radius 1 is 1.03 bits per heavy atom. The molecule has 1 aliphatic heterocycles. The molecule has 2 aromatic heterocycles. The number of halogens is 3. The van der Waals surface area contributed by atoms with E-state index in [1.165, 1.54) is 6.07 Å². The summed E-state index contributed by atoms with van der Waals surface area (Å²) in [5, 5.41) is 0. The highest BCUT2D eigenvalue weighted by atomic mass is 19.1. The van der Waals surface area contributed by atoms with Gasteiger partial charge in [-0.3, -0.25) is 4.98 Å². The first kappa shape index (κ1) is 20.0. The zero-order valence-electron chi connectivity index (χ0n) is 17.3. The van der Waals surface area contributed by atoms with Gasteiger partial charge >= 0.3 is 0 Å². The standard InChI is InChI=1S/C23H24F3N5/c1-12-10-18-21(20(28-12)14-2-3-14)30-23(22(27)29-18)31-8-6-13(7-9-31)19(26)16-5-4-15(24)11-17(16)25/h4-5,10-11,13-14,19H,2-3,6-9H2,1H3,(H2,27,29). The summed E-state index contributed by atoms with van der Waals surface area (Å²) in [6.07, 6.45) is 1.76. The molecule has 3 aromatic rings. The van der Waals surface area contributed by atoms with E-state index >= 15 is 0 Å². The van der Waals surface area contributed by atoms with Crippen LogP contribution in [0.15, 0.2) is 24.3 Å². The van der Waals surface area contributed by atoms with Gasteiger partial charge in [0, 0.05) is 36.3 Å². The first-order chi connectivity index (χ1) is 14.9. The van der Waals surface area contributed by atoms with Crippen LogP contribution in [0.5, 0.6) is 0 Å². The van der Waals surface area contributed by atoms with Gasteiger partial charge in [-0.15, -0.1) is 0 Å². The molecule has 0 bridgehead atoms. The number of nitrogen functional groups attached to an aromatic ring is 1. The molecule has 1 aromatic carbocycles. The van der Waals surface area contributed by atoms with Crippen molar-refractivity contribution in [2.45, 2.75) is 44.7 Å². The summed E-state index contributed by atoms with van der Waals surface area (Å²) in [7, 11) is 0. The summed E-state index contributed by atoms with van der Waals surface area (Å²) in [5.41, 5.74) is 9.57. The molecule has 2 aliphatic rings. The molecule has 1 unspecified atom stereocenters. The van der Waals surface area contributed by atoms with Crippen molar-refractivity contribution in [3.63, 3.8) is 0 Å². The van der Waals surface area contributed by atoms with E-state index < -0.39 is 17.8 Å². The van der Waals surface area contributed by atoms with Gasteiger partial charge in [0.15, 0.2) is 11.6 Å².